The zero-order chi connectivity index (χ0) is 17.4. The molecule has 2 rings (SSSR count). The molecule has 2 unspecified atom stereocenters. The Kier molecular flexibility index (Phi) is 4.66. The van der Waals surface area contributed by atoms with Crippen molar-refractivity contribution in [3.8, 4) is 0 Å². The van der Waals surface area contributed by atoms with Crippen molar-refractivity contribution in [3.05, 3.63) is 6.33 Å². The molecule has 0 saturated carbocycles. The highest BCUT2D eigenvalue weighted by Crippen LogP contribution is 2.61. The van der Waals surface area contributed by atoms with Crippen LogP contribution in [-0.4, -0.2) is 34.4 Å². The molecule has 2 aromatic heterocycles. The van der Waals surface area contributed by atoms with E-state index in [9.17, 15) is 13.7 Å². The van der Waals surface area contributed by atoms with Gasteiger partial charge in [-0.2, -0.15) is 14.3 Å². The molecule has 18 heteroatoms. The largest absolute Gasteiger partial charge is 0.782 e. The van der Waals surface area contributed by atoms with Crippen molar-refractivity contribution in [3.63, 3.8) is 0 Å². The molecule has 0 aliphatic heterocycles. The molecule has 0 radical (unpaired) electrons. The topological polar surface area (TPSA) is 235 Å². The number of nitrogens with zero attached hydrogens (tertiary/aromatic N) is 4. The van der Waals surface area contributed by atoms with E-state index in [1.54, 1.807) is 0 Å². The highest BCUT2D eigenvalue weighted by Gasteiger charge is 2.44. The van der Waals surface area contributed by atoms with Gasteiger partial charge in [-0.15, -0.1) is 4.62 Å². The predicted molar refractivity (Wildman–Crippen MR) is 72.4 cm³/mol. The van der Waals surface area contributed by atoms with Gasteiger partial charge in [0.15, 0.2) is 11.3 Å². The number of rotatable bonds is 6. The molecule has 2 aromatic rings. The summed E-state index contributed by atoms with van der Waals surface area (Å²) >= 11 is 0. The first-order valence-corrected chi connectivity index (χ1v) is 9.30. The average molecular weight is 389 g/mol. The Morgan fingerprint density at radius 2 is 1.87 bits per heavy atom. The third-order valence-electron chi connectivity index (χ3n) is 1.94. The Hall–Kier alpha value is -1.69. The van der Waals surface area contributed by atoms with E-state index >= 15 is 0 Å². The van der Waals surface area contributed by atoms with Gasteiger partial charge in [-0.25, -0.2) is 14.1 Å². The zero-order valence-corrected chi connectivity index (χ0v) is 13.3. The lowest BCUT2D eigenvalue weighted by atomic mass is 10.5. The Labute approximate surface area is 127 Å². The number of nitrogen functional groups attached to an aromatic ring is 2. The van der Waals surface area contributed by atoms with Gasteiger partial charge in [0.1, 0.15) is 6.33 Å². The number of hydrogen-bond donors (Lipinski definition) is 5. The van der Waals surface area contributed by atoms with Crippen LogP contribution in [0.2, 0.25) is 0 Å². The average Bonchev–Trinajstić information content (AvgIpc) is 2.68. The second-order valence-corrected chi connectivity index (χ2v) is 7.47. The van der Waals surface area contributed by atoms with Gasteiger partial charge in [0, 0.05) is 8.88 Å². The molecule has 2 heterocycles. The molecule has 0 aliphatic carbocycles. The molecule has 15 nitrogen and oxygen atoms in total. The van der Waals surface area contributed by atoms with Gasteiger partial charge >= 0.3 is 23.9 Å². The Bertz CT molecular complexity index is 861. The maximum absolute atomic E-state index is 11.5. The number of phosphoric acid groups is 2. The smallest absolute Gasteiger partial charge is 0.382 e. The summed E-state index contributed by atoms with van der Waals surface area (Å²) in [6.45, 7) is 0. The summed E-state index contributed by atoms with van der Waals surface area (Å²) in [6.07, 6.45) is 0.928. The van der Waals surface area contributed by atoms with Crippen molar-refractivity contribution in [2.45, 2.75) is 0 Å². The van der Waals surface area contributed by atoms with Gasteiger partial charge in [-0.05, 0) is 0 Å². The summed E-state index contributed by atoms with van der Waals surface area (Å²) in [5, 5.41) is 0. The lowest BCUT2D eigenvalue weighted by molar-refractivity contribution is 0.210. The van der Waals surface area contributed by atoms with Gasteiger partial charge in [0.2, 0.25) is 11.6 Å². The number of aromatic nitrogens is 4. The van der Waals surface area contributed by atoms with E-state index in [4.69, 9.17) is 26.1 Å². The molecule has 0 amide bonds. The van der Waals surface area contributed by atoms with E-state index < -0.39 is 23.9 Å². The minimum Gasteiger partial charge on any atom is -0.382 e. The number of hydrogen-bond acceptors (Lipinski definition) is 11. The third kappa shape index (κ3) is 4.64. The van der Waals surface area contributed by atoms with Crippen LogP contribution in [0.1, 0.15) is 0 Å². The van der Waals surface area contributed by atoms with Crippen LogP contribution >= 0.6 is 23.9 Å². The van der Waals surface area contributed by atoms with Gasteiger partial charge in [0.25, 0.3) is 0 Å². The maximum atomic E-state index is 11.5. The van der Waals surface area contributed by atoms with Crippen molar-refractivity contribution < 1.29 is 41.6 Å². The van der Waals surface area contributed by atoms with Crippen LogP contribution in [0.3, 0.4) is 0 Å². The van der Waals surface area contributed by atoms with Crippen LogP contribution in [0.4, 0.5) is 11.8 Å². The number of imidazole rings is 1. The van der Waals surface area contributed by atoms with Crippen molar-refractivity contribution in [1.82, 2.24) is 19.7 Å². The first-order valence-electron chi connectivity index (χ1n) is 5.18. The standard InChI is InChI=1S/C5H7N6O9P3/c6-3-2-4(10-5(7)9-3)11(1-8-2)18-21(12)19-23(16,17)20-22(13,14)15/h1H,(H6-,6,7,9,10,13,14,15,16,17)/p+1. The van der Waals surface area contributed by atoms with E-state index in [0.717, 1.165) is 6.33 Å². The third-order valence-corrected chi connectivity index (χ3v) is 5.29. The van der Waals surface area contributed by atoms with Crippen LogP contribution < -0.4 is 16.1 Å². The Morgan fingerprint density at radius 3 is 2.48 bits per heavy atom. The van der Waals surface area contributed by atoms with Gasteiger partial charge in [-0.1, -0.05) is 4.73 Å². The van der Waals surface area contributed by atoms with Gasteiger partial charge in [-0.3, -0.25) is 4.89 Å². The van der Waals surface area contributed by atoms with E-state index in [1.165, 1.54) is 0 Å². The second-order valence-electron chi connectivity index (χ2n) is 3.64. The lowest BCUT2D eigenvalue weighted by Crippen LogP contribution is -2.07. The van der Waals surface area contributed by atoms with E-state index in [2.05, 4.69) is 28.2 Å². The van der Waals surface area contributed by atoms with Crippen molar-refractivity contribution >= 4 is 46.8 Å². The van der Waals surface area contributed by atoms with E-state index in [-0.39, 0.29) is 22.9 Å². The monoisotopic (exact) mass is 389 g/mol. The maximum Gasteiger partial charge on any atom is 0.782 e. The number of fused-ring (bicyclic) bond motifs is 1. The number of nitrogens with two attached hydrogens (primary N) is 2. The highest BCUT2D eigenvalue weighted by molar-refractivity contribution is 7.64. The van der Waals surface area contributed by atoms with Crippen molar-refractivity contribution in [1.29, 1.82) is 0 Å². The molecule has 0 saturated heterocycles. The zero-order valence-electron chi connectivity index (χ0n) is 10.7. The summed E-state index contributed by atoms with van der Waals surface area (Å²) < 4.78 is 45.8. The summed E-state index contributed by atoms with van der Waals surface area (Å²) in [4.78, 5) is 36.9. The van der Waals surface area contributed by atoms with E-state index in [0.29, 0.717) is 4.73 Å². The van der Waals surface area contributed by atoms with Crippen molar-refractivity contribution in [2.75, 3.05) is 11.5 Å². The van der Waals surface area contributed by atoms with Crippen LogP contribution in [0.5, 0.6) is 0 Å². The van der Waals surface area contributed by atoms with Crippen LogP contribution in [0.25, 0.3) is 11.2 Å². The summed E-state index contributed by atoms with van der Waals surface area (Å²) in [6, 6.07) is 0. The molecule has 0 spiro atoms. The fraction of sp³-hybridized carbons (Fsp3) is 0. The molecule has 7 N–H and O–H groups in total. The van der Waals surface area contributed by atoms with Crippen molar-refractivity contribution in [2.24, 2.45) is 0 Å². The summed E-state index contributed by atoms with van der Waals surface area (Å²) in [5.41, 5.74) is 10.8. The summed E-state index contributed by atoms with van der Waals surface area (Å²) in [5.74, 6) is -0.363. The minimum atomic E-state index is -5.36. The SMILES string of the molecule is Nc1nc(N)c2ncn(O[P+](=O)OP(=O)(O)OP(=O)(O)O)c2n1. The Balaban J connectivity index is 2.18. The fourth-order valence-corrected chi connectivity index (χ4v) is 3.82. The first-order chi connectivity index (χ1) is 10.5. The Morgan fingerprint density at radius 1 is 1.22 bits per heavy atom. The van der Waals surface area contributed by atoms with Crippen LogP contribution in [0, 0.1) is 0 Å². The molecule has 0 bridgehead atoms. The normalized spacial score (nSPS) is 15.3. The predicted octanol–water partition coefficient (Wildman–Crippen LogP) is -0.697. The highest BCUT2D eigenvalue weighted by atomic mass is 31.3. The first kappa shape index (κ1) is 17.7. The summed E-state index contributed by atoms with van der Waals surface area (Å²) in [7, 11) is -14.1. The molecule has 0 aromatic carbocycles. The molecular formula is C5H8N6O9P3+. The number of anilines is 2. The molecule has 0 aliphatic rings. The quantitative estimate of drug-likeness (QED) is 0.384. The molecule has 2 atom stereocenters. The van der Waals surface area contributed by atoms with E-state index in [1.807, 2.05) is 0 Å². The molecule has 126 valence electrons. The lowest BCUT2D eigenvalue weighted by Gasteiger charge is -2.05. The molecule has 23 heavy (non-hydrogen) atoms. The molecular weight excluding hydrogens is 381 g/mol. The van der Waals surface area contributed by atoms with Gasteiger partial charge < -0.3 is 21.3 Å². The van der Waals surface area contributed by atoms with Crippen LogP contribution in [0.15, 0.2) is 6.33 Å². The van der Waals surface area contributed by atoms with Crippen LogP contribution in [-0.2, 0) is 22.3 Å². The fourth-order valence-electron chi connectivity index (χ4n) is 1.30. The second kappa shape index (κ2) is 6.07. The minimum absolute atomic E-state index is 0.0289. The van der Waals surface area contributed by atoms with Gasteiger partial charge in [0.05, 0.1) is 0 Å². The molecule has 0 fully saturated rings.